The van der Waals surface area contributed by atoms with Gasteiger partial charge in [-0.2, -0.15) is 8.78 Å². The minimum absolute atomic E-state index is 0.189. The van der Waals surface area contributed by atoms with Crippen LogP contribution >= 0.6 is 0 Å². The van der Waals surface area contributed by atoms with Crippen LogP contribution in [0.15, 0.2) is 0 Å². The van der Waals surface area contributed by atoms with Crippen molar-refractivity contribution in [2.45, 2.75) is 38.1 Å². The summed E-state index contributed by atoms with van der Waals surface area (Å²) in [4.78, 5) is 0. The molecular formula is C9H14F4O3. The normalized spacial score (nSPS) is 25.3. The highest BCUT2D eigenvalue weighted by Gasteiger charge is 2.41. The molecule has 0 saturated carbocycles. The molecule has 0 bridgehead atoms. The first-order valence-corrected chi connectivity index (χ1v) is 4.78. The molecule has 16 heavy (non-hydrogen) atoms. The Labute approximate surface area is 90.7 Å². The van der Waals surface area contributed by atoms with Crippen LogP contribution in [0.25, 0.3) is 0 Å². The Balaban J connectivity index is 2.22. The van der Waals surface area contributed by atoms with E-state index in [2.05, 4.69) is 4.74 Å². The van der Waals surface area contributed by atoms with Crippen molar-refractivity contribution < 1.29 is 31.8 Å². The zero-order valence-electron chi connectivity index (χ0n) is 9.01. The molecule has 1 heterocycles. The summed E-state index contributed by atoms with van der Waals surface area (Å²) in [7, 11) is 0. The summed E-state index contributed by atoms with van der Waals surface area (Å²) in [6.45, 7) is 2.03. The fraction of sp³-hybridized carbons (Fsp3) is 1.00. The summed E-state index contributed by atoms with van der Waals surface area (Å²) in [6.07, 6.45) is -4.21. The molecule has 0 N–H and O–H groups in total. The Bertz CT molecular complexity index is 233. The van der Waals surface area contributed by atoms with Crippen LogP contribution in [0.5, 0.6) is 0 Å². The number of hydrogen-bond acceptors (Lipinski definition) is 3. The van der Waals surface area contributed by atoms with Gasteiger partial charge in [-0.3, -0.25) is 0 Å². The first kappa shape index (κ1) is 13.7. The van der Waals surface area contributed by atoms with Gasteiger partial charge < -0.3 is 14.2 Å². The van der Waals surface area contributed by atoms with Gasteiger partial charge in [0.15, 0.2) is 5.79 Å². The predicted molar refractivity (Wildman–Crippen MR) is 46.7 cm³/mol. The van der Waals surface area contributed by atoms with Crippen molar-refractivity contribution in [2.24, 2.45) is 0 Å². The third-order valence-electron chi connectivity index (χ3n) is 1.98. The van der Waals surface area contributed by atoms with Gasteiger partial charge in [0, 0.05) is 0 Å². The maximum absolute atomic E-state index is 12.4. The average molecular weight is 246 g/mol. The molecule has 1 fully saturated rings. The lowest BCUT2D eigenvalue weighted by atomic mass is 10.3. The zero-order chi connectivity index (χ0) is 12.4. The molecule has 7 heteroatoms. The summed E-state index contributed by atoms with van der Waals surface area (Å²) in [5.74, 6) is -4.89. The number of rotatable bonds is 5. The van der Waals surface area contributed by atoms with Gasteiger partial charge in [0.05, 0.1) is 13.2 Å². The van der Waals surface area contributed by atoms with Crippen LogP contribution < -0.4 is 0 Å². The van der Waals surface area contributed by atoms with Gasteiger partial charge >= 0.3 is 12.3 Å². The Morgan fingerprint density at radius 1 is 1.44 bits per heavy atom. The molecule has 0 aromatic rings. The second-order valence-electron chi connectivity index (χ2n) is 4.03. The Kier molecular flexibility index (Phi) is 4.14. The number of halogens is 4. The van der Waals surface area contributed by atoms with E-state index in [0.29, 0.717) is 0 Å². The molecule has 0 radical (unpaired) electrons. The van der Waals surface area contributed by atoms with Gasteiger partial charge in [-0.05, 0) is 13.8 Å². The molecule has 1 aliphatic heterocycles. The highest BCUT2D eigenvalue weighted by Crippen LogP contribution is 2.25. The molecule has 1 aliphatic rings. The Hall–Kier alpha value is -0.400. The SMILES string of the molecule is CC1(C)OCC(COCC(F)(F)C(F)F)O1. The molecule has 1 unspecified atom stereocenters. The fourth-order valence-electron chi connectivity index (χ4n) is 1.23. The molecular weight excluding hydrogens is 232 g/mol. The lowest BCUT2D eigenvalue weighted by Crippen LogP contribution is -2.34. The average Bonchev–Trinajstić information content (AvgIpc) is 2.45. The van der Waals surface area contributed by atoms with Crippen molar-refractivity contribution in [1.82, 2.24) is 0 Å². The zero-order valence-corrected chi connectivity index (χ0v) is 9.01. The van der Waals surface area contributed by atoms with Crippen molar-refractivity contribution in [3.63, 3.8) is 0 Å². The van der Waals surface area contributed by atoms with Gasteiger partial charge in [0.25, 0.3) is 0 Å². The van der Waals surface area contributed by atoms with Gasteiger partial charge in [-0.1, -0.05) is 0 Å². The maximum atomic E-state index is 12.4. The Morgan fingerprint density at radius 2 is 2.06 bits per heavy atom. The van der Waals surface area contributed by atoms with Crippen LogP contribution in [-0.2, 0) is 14.2 Å². The molecule has 1 saturated heterocycles. The van der Waals surface area contributed by atoms with E-state index >= 15 is 0 Å². The van der Waals surface area contributed by atoms with Crippen molar-refractivity contribution in [1.29, 1.82) is 0 Å². The van der Waals surface area contributed by atoms with Crippen LogP contribution in [0.3, 0.4) is 0 Å². The molecule has 0 aromatic carbocycles. The van der Waals surface area contributed by atoms with Gasteiger partial charge in [-0.25, -0.2) is 8.78 Å². The summed E-state index contributed by atoms with van der Waals surface area (Å²) >= 11 is 0. The standard InChI is InChI=1S/C9H14F4O3/c1-8(2)15-4-6(16-8)3-14-5-9(12,13)7(10)11/h6-7H,3-5H2,1-2H3. The van der Waals surface area contributed by atoms with Crippen LogP contribution in [0.2, 0.25) is 0 Å². The van der Waals surface area contributed by atoms with Crippen LogP contribution in [-0.4, -0.2) is 44.1 Å². The van der Waals surface area contributed by atoms with Crippen LogP contribution in [0, 0.1) is 0 Å². The van der Waals surface area contributed by atoms with E-state index < -0.39 is 30.8 Å². The second-order valence-corrected chi connectivity index (χ2v) is 4.03. The smallest absolute Gasteiger partial charge is 0.330 e. The predicted octanol–water partition coefficient (Wildman–Crippen LogP) is 2.05. The molecule has 0 spiro atoms. The number of hydrogen-bond donors (Lipinski definition) is 0. The molecule has 1 atom stereocenters. The maximum Gasteiger partial charge on any atom is 0.330 e. The lowest BCUT2D eigenvalue weighted by Gasteiger charge is -2.18. The first-order valence-electron chi connectivity index (χ1n) is 4.78. The first-order chi connectivity index (χ1) is 7.23. The minimum Gasteiger partial charge on any atom is -0.372 e. The molecule has 96 valence electrons. The van der Waals surface area contributed by atoms with E-state index in [1.54, 1.807) is 13.8 Å². The summed E-state index contributed by atoms with van der Waals surface area (Å²) in [5, 5.41) is 0. The molecule has 1 rings (SSSR count). The fourth-order valence-corrected chi connectivity index (χ4v) is 1.23. The quantitative estimate of drug-likeness (QED) is 0.695. The van der Waals surface area contributed by atoms with Crippen molar-refractivity contribution in [3.8, 4) is 0 Å². The van der Waals surface area contributed by atoms with E-state index in [1.165, 1.54) is 0 Å². The highest BCUT2D eigenvalue weighted by atomic mass is 19.3. The van der Waals surface area contributed by atoms with Gasteiger partial charge in [0.2, 0.25) is 0 Å². The summed E-state index contributed by atoms with van der Waals surface area (Å²) in [6, 6.07) is 0. The molecule has 0 aliphatic carbocycles. The van der Waals surface area contributed by atoms with Crippen LogP contribution in [0.4, 0.5) is 17.6 Å². The minimum atomic E-state index is -4.12. The van der Waals surface area contributed by atoms with E-state index in [9.17, 15) is 17.6 Å². The topological polar surface area (TPSA) is 27.7 Å². The molecule has 0 amide bonds. The third-order valence-corrected chi connectivity index (χ3v) is 1.98. The van der Waals surface area contributed by atoms with E-state index in [4.69, 9.17) is 9.47 Å². The lowest BCUT2D eigenvalue weighted by molar-refractivity contribution is -0.178. The van der Waals surface area contributed by atoms with Crippen molar-refractivity contribution in [3.05, 3.63) is 0 Å². The van der Waals surface area contributed by atoms with Gasteiger partial charge in [-0.15, -0.1) is 0 Å². The number of ether oxygens (including phenoxy) is 3. The Morgan fingerprint density at radius 3 is 2.50 bits per heavy atom. The van der Waals surface area contributed by atoms with Crippen molar-refractivity contribution in [2.75, 3.05) is 19.8 Å². The largest absolute Gasteiger partial charge is 0.372 e. The molecule has 3 nitrogen and oxygen atoms in total. The number of alkyl halides is 4. The summed E-state index contributed by atoms with van der Waals surface area (Å²) in [5.41, 5.74) is 0. The van der Waals surface area contributed by atoms with E-state index in [-0.39, 0.29) is 13.2 Å². The van der Waals surface area contributed by atoms with Crippen molar-refractivity contribution >= 4 is 0 Å². The van der Waals surface area contributed by atoms with E-state index in [0.717, 1.165) is 0 Å². The monoisotopic (exact) mass is 246 g/mol. The summed E-state index contributed by atoms with van der Waals surface area (Å²) < 4.78 is 63.2. The second kappa shape index (κ2) is 4.85. The van der Waals surface area contributed by atoms with Gasteiger partial charge in [0.1, 0.15) is 12.7 Å². The van der Waals surface area contributed by atoms with E-state index in [1.807, 2.05) is 0 Å². The molecule has 0 aromatic heterocycles. The third kappa shape index (κ3) is 3.88. The van der Waals surface area contributed by atoms with Crippen LogP contribution in [0.1, 0.15) is 13.8 Å². The highest BCUT2D eigenvalue weighted by molar-refractivity contribution is 4.72.